The number of nitrogens with zero attached hydrogens (tertiary/aromatic N) is 3. The number of aromatic carboxylic acids is 1. The van der Waals surface area contributed by atoms with Gasteiger partial charge in [-0.25, -0.2) is 4.79 Å². The lowest BCUT2D eigenvalue weighted by atomic mass is 9.89. The van der Waals surface area contributed by atoms with Crippen molar-refractivity contribution < 1.29 is 14.6 Å². The Kier molecular flexibility index (Phi) is 7.05. The molecule has 4 rings (SSSR count). The molecule has 0 amide bonds. The summed E-state index contributed by atoms with van der Waals surface area (Å²) in [5.41, 5.74) is 3.94. The van der Waals surface area contributed by atoms with Crippen LogP contribution in [0.2, 0.25) is 0 Å². The van der Waals surface area contributed by atoms with Crippen molar-refractivity contribution in [1.29, 1.82) is 0 Å². The van der Waals surface area contributed by atoms with Crippen molar-refractivity contribution in [2.75, 3.05) is 26.3 Å². The van der Waals surface area contributed by atoms with Crippen LogP contribution in [0.15, 0.2) is 47.3 Å². The van der Waals surface area contributed by atoms with Crippen LogP contribution in [-0.4, -0.2) is 51.8 Å². The van der Waals surface area contributed by atoms with Crippen molar-refractivity contribution in [2.24, 2.45) is 0 Å². The predicted octanol–water partition coefficient (Wildman–Crippen LogP) is 4.91. The zero-order chi connectivity index (χ0) is 21.8. The number of likely N-dealkylation sites (tertiary alicyclic amines) is 1. The van der Waals surface area contributed by atoms with Crippen LogP contribution < -0.4 is 0 Å². The highest BCUT2D eigenvalue weighted by molar-refractivity contribution is 9.10. The maximum atomic E-state index is 11.3. The van der Waals surface area contributed by atoms with Crippen molar-refractivity contribution in [3.8, 4) is 0 Å². The van der Waals surface area contributed by atoms with Crippen molar-refractivity contribution in [3.63, 3.8) is 0 Å². The van der Waals surface area contributed by atoms with Gasteiger partial charge in [0.15, 0.2) is 0 Å². The van der Waals surface area contributed by atoms with Gasteiger partial charge in [0, 0.05) is 41.9 Å². The largest absolute Gasteiger partial charge is 0.478 e. The molecule has 0 bridgehead atoms. The Morgan fingerprint density at radius 3 is 2.84 bits per heavy atom. The molecule has 164 valence electrons. The summed E-state index contributed by atoms with van der Waals surface area (Å²) < 4.78 is 8.79. The van der Waals surface area contributed by atoms with E-state index >= 15 is 0 Å². The monoisotopic (exact) mass is 485 g/mol. The van der Waals surface area contributed by atoms with Crippen molar-refractivity contribution in [1.82, 2.24) is 14.5 Å². The first-order valence-electron chi connectivity index (χ1n) is 10.8. The summed E-state index contributed by atoms with van der Waals surface area (Å²) in [5.74, 6) is -0.369. The first-order chi connectivity index (χ1) is 15.1. The lowest BCUT2D eigenvalue weighted by Crippen LogP contribution is -2.32. The number of halogens is 1. The van der Waals surface area contributed by atoms with Gasteiger partial charge in [0.25, 0.3) is 0 Å². The maximum absolute atomic E-state index is 11.3. The zero-order valence-corrected chi connectivity index (χ0v) is 19.3. The summed E-state index contributed by atoms with van der Waals surface area (Å²) in [6.07, 6.45) is 8.29. The average molecular weight is 486 g/mol. The summed E-state index contributed by atoms with van der Waals surface area (Å²) in [6.45, 7) is 7.03. The normalized spacial score (nSPS) is 15.5. The molecule has 0 aliphatic carbocycles. The Bertz CT molecular complexity index is 1060. The van der Waals surface area contributed by atoms with Crippen LogP contribution in [0.5, 0.6) is 0 Å². The van der Waals surface area contributed by atoms with E-state index in [0.29, 0.717) is 18.1 Å². The summed E-state index contributed by atoms with van der Waals surface area (Å²) in [4.78, 5) is 18.1. The molecule has 2 aromatic heterocycles. The summed E-state index contributed by atoms with van der Waals surface area (Å²) in [7, 11) is 0. The first kappa shape index (κ1) is 22.0. The van der Waals surface area contributed by atoms with Gasteiger partial charge in [-0.05, 0) is 74.2 Å². The molecule has 0 unspecified atom stereocenters. The fourth-order valence-electron chi connectivity index (χ4n) is 4.46. The number of carboxylic acids is 1. The van der Waals surface area contributed by atoms with E-state index in [-0.39, 0.29) is 0 Å². The molecule has 1 fully saturated rings. The van der Waals surface area contributed by atoms with E-state index in [9.17, 15) is 9.90 Å². The number of hydrogen-bond acceptors (Lipinski definition) is 4. The van der Waals surface area contributed by atoms with Crippen LogP contribution >= 0.6 is 15.9 Å². The van der Waals surface area contributed by atoms with E-state index in [4.69, 9.17) is 4.74 Å². The van der Waals surface area contributed by atoms with Crippen LogP contribution in [0.1, 0.15) is 47.2 Å². The van der Waals surface area contributed by atoms with Crippen LogP contribution in [0, 0.1) is 0 Å². The molecule has 0 spiro atoms. The SMILES string of the molecule is CCOCCn1cc(C2CCN(Cc3cc(C(=O)O)ccc3Br)CC2)c2ccncc21. The molecule has 1 N–H and O–H groups in total. The molecule has 1 aromatic carbocycles. The minimum Gasteiger partial charge on any atom is -0.478 e. The van der Waals surface area contributed by atoms with Gasteiger partial charge in [0.1, 0.15) is 0 Å². The molecular formula is C24H28BrN3O3. The Morgan fingerprint density at radius 1 is 1.29 bits per heavy atom. The molecule has 7 heteroatoms. The Morgan fingerprint density at radius 2 is 2.10 bits per heavy atom. The summed E-state index contributed by atoms with van der Waals surface area (Å²) >= 11 is 3.57. The van der Waals surface area contributed by atoms with Gasteiger partial charge in [-0.3, -0.25) is 9.88 Å². The maximum Gasteiger partial charge on any atom is 0.335 e. The predicted molar refractivity (Wildman–Crippen MR) is 125 cm³/mol. The number of hydrogen-bond donors (Lipinski definition) is 1. The molecule has 1 aliphatic heterocycles. The van der Waals surface area contributed by atoms with Crippen molar-refractivity contribution >= 4 is 32.8 Å². The Hall–Kier alpha value is -2.22. The number of aromatic nitrogens is 2. The van der Waals surface area contributed by atoms with Crippen LogP contribution in [0.3, 0.4) is 0 Å². The minimum absolute atomic E-state index is 0.335. The second-order valence-electron chi connectivity index (χ2n) is 8.03. The van der Waals surface area contributed by atoms with Gasteiger partial charge in [0.2, 0.25) is 0 Å². The van der Waals surface area contributed by atoms with Gasteiger partial charge in [-0.1, -0.05) is 15.9 Å². The van der Waals surface area contributed by atoms with Crippen LogP contribution in [0.25, 0.3) is 10.9 Å². The fourth-order valence-corrected chi connectivity index (χ4v) is 4.83. The van der Waals surface area contributed by atoms with Gasteiger partial charge in [0.05, 0.1) is 23.9 Å². The molecule has 6 nitrogen and oxygen atoms in total. The highest BCUT2D eigenvalue weighted by Gasteiger charge is 2.24. The van der Waals surface area contributed by atoms with Crippen LogP contribution in [-0.2, 0) is 17.8 Å². The molecule has 31 heavy (non-hydrogen) atoms. The number of pyridine rings is 1. The van der Waals surface area contributed by atoms with E-state index < -0.39 is 5.97 Å². The highest BCUT2D eigenvalue weighted by Crippen LogP contribution is 2.35. The van der Waals surface area contributed by atoms with E-state index in [0.717, 1.165) is 55.7 Å². The molecule has 0 atom stereocenters. The Balaban J connectivity index is 1.45. The number of carbonyl (C=O) groups is 1. The number of fused-ring (bicyclic) bond motifs is 1. The van der Waals surface area contributed by atoms with Gasteiger partial charge < -0.3 is 14.4 Å². The molecule has 3 heterocycles. The third kappa shape index (κ3) is 5.00. The molecule has 1 saturated heterocycles. The summed E-state index contributed by atoms with van der Waals surface area (Å²) in [6, 6.07) is 7.37. The molecule has 1 aliphatic rings. The fraction of sp³-hybridized carbons (Fsp3) is 0.417. The lowest BCUT2D eigenvalue weighted by molar-refractivity contribution is 0.0696. The number of piperidine rings is 1. The van der Waals surface area contributed by atoms with E-state index in [2.05, 4.69) is 42.6 Å². The average Bonchev–Trinajstić information content (AvgIpc) is 3.15. The van der Waals surface area contributed by atoms with E-state index in [1.165, 1.54) is 16.5 Å². The third-order valence-corrected chi connectivity index (χ3v) is 6.88. The third-order valence-electron chi connectivity index (χ3n) is 6.11. The number of ether oxygens (including phenoxy) is 1. The van der Waals surface area contributed by atoms with Gasteiger partial charge in [-0.15, -0.1) is 0 Å². The van der Waals surface area contributed by atoms with Crippen molar-refractivity contribution in [2.45, 2.75) is 38.8 Å². The highest BCUT2D eigenvalue weighted by atomic mass is 79.9. The van der Waals surface area contributed by atoms with E-state index in [1.807, 2.05) is 25.4 Å². The van der Waals surface area contributed by atoms with Crippen LogP contribution in [0.4, 0.5) is 0 Å². The van der Waals surface area contributed by atoms with E-state index in [1.54, 1.807) is 12.1 Å². The molecule has 0 radical (unpaired) electrons. The number of rotatable bonds is 8. The lowest BCUT2D eigenvalue weighted by Gasteiger charge is -2.32. The standard InChI is InChI=1S/C24H28BrN3O3/c1-2-31-12-11-28-16-21(20-5-8-26-14-23(20)28)17-6-9-27(10-7-17)15-19-13-18(24(29)30)3-4-22(19)25/h3-5,8,13-14,16-17H,2,6-7,9-12,15H2,1H3,(H,29,30). The number of benzene rings is 1. The van der Waals surface area contributed by atoms with Gasteiger partial charge >= 0.3 is 5.97 Å². The molecule has 0 saturated carbocycles. The van der Waals surface area contributed by atoms with Gasteiger partial charge in [-0.2, -0.15) is 0 Å². The zero-order valence-electron chi connectivity index (χ0n) is 17.8. The minimum atomic E-state index is -0.886. The first-order valence-corrected chi connectivity index (χ1v) is 11.6. The smallest absolute Gasteiger partial charge is 0.335 e. The second-order valence-corrected chi connectivity index (χ2v) is 8.88. The second kappa shape index (κ2) is 9.94. The Labute approximate surface area is 191 Å². The van der Waals surface area contributed by atoms with Crippen molar-refractivity contribution in [3.05, 3.63) is 64.0 Å². The summed E-state index contributed by atoms with van der Waals surface area (Å²) in [5, 5.41) is 10.6. The topological polar surface area (TPSA) is 67.6 Å². The number of carboxylic acid groups (broad SMARTS) is 1. The quantitative estimate of drug-likeness (QED) is 0.459. The molecular weight excluding hydrogens is 458 g/mol. The molecule has 3 aromatic rings.